The van der Waals surface area contributed by atoms with Crippen molar-refractivity contribution < 1.29 is 22.7 Å². The Morgan fingerprint density at radius 1 is 1.09 bits per heavy atom. The molecule has 0 saturated carbocycles. The van der Waals surface area contributed by atoms with Gasteiger partial charge in [0.1, 0.15) is 5.75 Å². The summed E-state index contributed by atoms with van der Waals surface area (Å²) < 4.78 is 33.5. The Labute approximate surface area is 198 Å². The van der Waals surface area contributed by atoms with E-state index in [1.165, 1.54) is 29.6 Å². The number of benzene rings is 3. The third kappa shape index (κ3) is 4.47. The predicted molar refractivity (Wildman–Crippen MR) is 131 cm³/mol. The minimum Gasteiger partial charge on any atom is -0.495 e. The van der Waals surface area contributed by atoms with Crippen LogP contribution in [0.5, 0.6) is 5.75 Å². The van der Waals surface area contributed by atoms with Crippen molar-refractivity contribution in [3.8, 4) is 5.75 Å². The fraction of sp³-hybridized carbons (Fsp3) is 0.200. The lowest BCUT2D eigenvalue weighted by Crippen LogP contribution is -2.31. The first-order valence-electron chi connectivity index (χ1n) is 10.8. The lowest BCUT2D eigenvalue weighted by molar-refractivity contribution is -0.123. The monoisotopic (exact) mass is 479 g/mol. The van der Waals surface area contributed by atoms with Crippen LogP contribution >= 0.6 is 0 Å². The van der Waals surface area contributed by atoms with Gasteiger partial charge in [-0.05, 0) is 48.9 Å². The number of hydrogen-bond acceptors (Lipinski definition) is 5. The van der Waals surface area contributed by atoms with Crippen LogP contribution in [0, 0.1) is 0 Å². The molecule has 8 nitrogen and oxygen atoms in total. The zero-order chi connectivity index (χ0) is 24.3. The molecule has 1 aliphatic heterocycles. The molecule has 3 aromatic carbocycles. The molecule has 1 heterocycles. The number of fused-ring (bicyclic) bond motifs is 1. The molecule has 1 unspecified atom stereocenters. The first kappa shape index (κ1) is 23.3. The lowest BCUT2D eigenvalue weighted by atomic mass is 9.90. The smallest absolute Gasteiger partial charge is 0.264 e. The second-order valence-corrected chi connectivity index (χ2v) is 9.61. The Morgan fingerprint density at radius 2 is 1.79 bits per heavy atom. The molecule has 0 aromatic heterocycles. The molecule has 176 valence electrons. The van der Waals surface area contributed by atoms with E-state index in [1.807, 2.05) is 6.07 Å². The molecule has 0 spiro atoms. The number of carbonyl (C=O) groups excluding carboxylic acids is 2. The van der Waals surface area contributed by atoms with Crippen LogP contribution < -0.4 is 19.7 Å². The van der Waals surface area contributed by atoms with Crippen LogP contribution in [-0.2, 0) is 19.6 Å². The fourth-order valence-electron chi connectivity index (χ4n) is 4.02. The summed E-state index contributed by atoms with van der Waals surface area (Å²) in [6.07, 6.45) is -0.0131. The van der Waals surface area contributed by atoms with Crippen LogP contribution in [-0.4, -0.2) is 33.9 Å². The summed E-state index contributed by atoms with van der Waals surface area (Å²) >= 11 is 0. The van der Waals surface area contributed by atoms with E-state index in [9.17, 15) is 18.0 Å². The molecule has 1 atom stereocenters. The van der Waals surface area contributed by atoms with Gasteiger partial charge in [-0.15, -0.1) is 0 Å². The molecule has 1 aliphatic rings. The maximum Gasteiger partial charge on any atom is 0.264 e. The number of nitrogens with one attached hydrogen (secondary N) is 2. The number of sulfonamides is 1. The summed E-state index contributed by atoms with van der Waals surface area (Å²) in [5.41, 5.74) is 2.03. The molecule has 4 rings (SSSR count). The Morgan fingerprint density at radius 3 is 2.50 bits per heavy atom. The Balaban J connectivity index is 1.67. The Kier molecular flexibility index (Phi) is 6.56. The number of para-hydroxylation sites is 2. The molecule has 2 amide bonds. The van der Waals surface area contributed by atoms with Gasteiger partial charge in [-0.25, -0.2) is 8.42 Å². The van der Waals surface area contributed by atoms with Crippen LogP contribution in [0.15, 0.2) is 77.7 Å². The molecule has 0 radical (unpaired) electrons. The third-order valence-corrected chi connectivity index (χ3v) is 7.56. The second kappa shape index (κ2) is 9.56. The van der Waals surface area contributed by atoms with Crippen LogP contribution in [0.3, 0.4) is 0 Å². The van der Waals surface area contributed by atoms with Crippen molar-refractivity contribution in [2.45, 2.75) is 24.2 Å². The number of methoxy groups -OCH3 is 1. The summed E-state index contributed by atoms with van der Waals surface area (Å²) in [7, 11) is -2.47. The lowest BCUT2D eigenvalue weighted by Gasteiger charge is -2.26. The van der Waals surface area contributed by atoms with Gasteiger partial charge < -0.3 is 15.4 Å². The maximum atomic E-state index is 13.4. The SMILES string of the molecule is CCN(c1ccccc1)S(=O)(=O)c1ccc(OC)c(NC(=O)C2CC(=O)Nc3ccccc32)c1. The number of ether oxygens (including phenoxy) is 1. The standard InChI is InChI=1S/C25H25N3O5S/c1-3-28(17-9-5-4-6-10-17)34(31,32)18-13-14-23(33-2)22(15-18)27-25(30)20-16-24(29)26-21-12-8-7-11-19(20)21/h4-15,20H,3,16H2,1-2H3,(H,26,29)(H,27,30). The Bertz CT molecular complexity index is 1330. The van der Waals surface area contributed by atoms with E-state index in [1.54, 1.807) is 55.5 Å². The zero-order valence-electron chi connectivity index (χ0n) is 18.8. The average molecular weight is 480 g/mol. The van der Waals surface area contributed by atoms with Crippen LogP contribution in [0.2, 0.25) is 0 Å². The summed E-state index contributed by atoms with van der Waals surface area (Å²) in [6.45, 7) is 1.98. The van der Waals surface area contributed by atoms with E-state index < -0.39 is 21.8 Å². The normalized spacial score (nSPS) is 15.1. The van der Waals surface area contributed by atoms with Gasteiger partial charge in [0.25, 0.3) is 10.0 Å². The minimum absolute atomic E-state index is 0.0103. The number of hydrogen-bond donors (Lipinski definition) is 2. The molecule has 3 aromatic rings. The van der Waals surface area contributed by atoms with E-state index in [0.29, 0.717) is 22.7 Å². The predicted octanol–water partition coefficient (Wildman–Crippen LogP) is 3.97. The van der Waals surface area contributed by atoms with Crippen molar-refractivity contribution >= 4 is 38.9 Å². The molecule has 9 heteroatoms. The van der Waals surface area contributed by atoms with Crippen molar-refractivity contribution in [2.75, 3.05) is 28.6 Å². The summed E-state index contributed by atoms with van der Waals surface area (Å²) in [5, 5.41) is 5.54. The second-order valence-electron chi connectivity index (χ2n) is 7.75. The topological polar surface area (TPSA) is 105 Å². The Hall–Kier alpha value is -3.85. The molecule has 34 heavy (non-hydrogen) atoms. The van der Waals surface area contributed by atoms with E-state index in [2.05, 4.69) is 10.6 Å². The van der Waals surface area contributed by atoms with Gasteiger partial charge in [0.2, 0.25) is 11.8 Å². The van der Waals surface area contributed by atoms with Crippen molar-refractivity contribution in [1.29, 1.82) is 0 Å². The highest BCUT2D eigenvalue weighted by Crippen LogP contribution is 2.35. The third-order valence-electron chi connectivity index (χ3n) is 5.66. The number of anilines is 3. The molecule has 0 bridgehead atoms. The summed E-state index contributed by atoms with van der Waals surface area (Å²) in [6, 6.07) is 20.2. The van der Waals surface area contributed by atoms with Crippen molar-refractivity contribution in [1.82, 2.24) is 0 Å². The largest absolute Gasteiger partial charge is 0.495 e. The molecule has 2 N–H and O–H groups in total. The first-order valence-corrected chi connectivity index (χ1v) is 12.2. The molecular weight excluding hydrogens is 454 g/mol. The molecule has 0 aliphatic carbocycles. The van der Waals surface area contributed by atoms with Crippen molar-refractivity contribution in [3.63, 3.8) is 0 Å². The van der Waals surface area contributed by atoms with Gasteiger partial charge in [0.15, 0.2) is 0 Å². The van der Waals surface area contributed by atoms with Gasteiger partial charge in [-0.2, -0.15) is 0 Å². The number of nitrogens with zero attached hydrogens (tertiary/aromatic N) is 1. The van der Waals surface area contributed by atoms with Gasteiger partial charge in [0.05, 0.1) is 29.3 Å². The molecule has 0 saturated heterocycles. The van der Waals surface area contributed by atoms with Crippen molar-refractivity contribution in [2.24, 2.45) is 0 Å². The highest BCUT2D eigenvalue weighted by atomic mass is 32.2. The zero-order valence-corrected chi connectivity index (χ0v) is 19.6. The molecule has 0 fully saturated rings. The number of amides is 2. The minimum atomic E-state index is -3.91. The fourth-order valence-corrected chi connectivity index (χ4v) is 5.52. The van der Waals surface area contributed by atoms with Gasteiger partial charge in [-0.3, -0.25) is 13.9 Å². The highest BCUT2D eigenvalue weighted by molar-refractivity contribution is 7.92. The van der Waals surface area contributed by atoms with Gasteiger partial charge in [0, 0.05) is 18.7 Å². The molecular formula is C25H25N3O5S. The van der Waals surface area contributed by atoms with E-state index in [4.69, 9.17) is 4.74 Å². The summed E-state index contributed by atoms with van der Waals surface area (Å²) in [4.78, 5) is 25.4. The van der Waals surface area contributed by atoms with Crippen LogP contribution in [0.25, 0.3) is 0 Å². The maximum absolute atomic E-state index is 13.4. The van der Waals surface area contributed by atoms with Crippen LogP contribution in [0.1, 0.15) is 24.8 Å². The van der Waals surface area contributed by atoms with E-state index in [-0.39, 0.29) is 29.5 Å². The number of rotatable bonds is 7. The number of carbonyl (C=O) groups is 2. The van der Waals surface area contributed by atoms with Gasteiger partial charge >= 0.3 is 0 Å². The highest BCUT2D eigenvalue weighted by Gasteiger charge is 2.31. The summed E-state index contributed by atoms with van der Waals surface area (Å²) in [5.74, 6) is -1.09. The first-order chi connectivity index (χ1) is 16.3. The quantitative estimate of drug-likeness (QED) is 0.533. The van der Waals surface area contributed by atoms with E-state index in [0.717, 1.165) is 0 Å². The van der Waals surface area contributed by atoms with Gasteiger partial charge in [-0.1, -0.05) is 36.4 Å². The van der Waals surface area contributed by atoms with E-state index >= 15 is 0 Å². The van der Waals surface area contributed by atoms with Crippen molar-refractivity contribution in [3.05, 3.63) is 78.4 Å². The average Bonchev–Trinajstić information content (AvgIpc) is 2.84. The van der Waals surface area contributed by atoms with Crippen LogP contribution in [0.4, 0.5) is 17.1 Å².